The minimum atomic E-state index is -0.765. The Hall–Kier alpha value is -1.10. The predicted octanol–water partition coefficient (Wildman–Crippen LogP) is 1.61. The first-order valence-corrected chi connectivity index (χ1v) is 7.58. The molecule has 1 aliphatic carbocycles. The topological polar surface area (TPSA) is 83.6 Å². The third-order valence-electron chi connectivity index (χ3n) is 5.13. The monoisotopic (exact) mass is 282 g/mol. The number of carbonyl (C=O) groups is 2. The molecule has 20 heavy (non-hydrogen) atoms. The second-order valence-electron chi connectivity index (χ2n) is 7.02. The highest BCUT2D eigenvalue weighted by atomic mass is 16.4. The molecule has 1 saturated heterocycles. The fraction of sp³-hybridized carbons (Fsp3) is 0.867. The first kappa shape index (κ1) is 15.3. The zero-order valence-electron chi connectivity index (χ0n) is 12.5. The number of carbonyl (C=O) groups excluding carboxylic acids is 1. The Morgan fingerprint density at radius 1 is 1.25 bits per heavy atom. The summed E-state index contributed by atoms with van der Waals surface area (Å²) in [4.78, 5) is 25.7. The molecule has 2 atom stereocenters. The van der Waals surface area contributed by atoms with Gasteiger partial charge in [-0.1, -0.05) is 19.8 Å². The van der Waals surface area contributed by atoms with E-state index in [1.807, 2.05) is 0 Å². The van der Waals surface area contributed by atoms with Gasteiger partial charge < -0.3 is 15.7 Å². The molecule has 0 bridgehead atoms. The second-order valence-corrected chi connectivity index (χ2v) is 7.02. The lowest BCUT2D eigenvalue weighted by Crippen LogP contribution is -2.59. The standard InChI is InChI=1S/C15H26N2O3/c1-11-4-3-5-15(16,10-11)12(18)17-8-6-14(2,7-9-17)13(19)20/h11H,3-10,16H2,1-2H3,(H,19,20). The van der Waals surface area contributed by atoms with Gasteiger partial charge in [0.1, 0.15) is 0 Å². The van der Waals surface area contributed by atoms with Gasteiger partial charge in [-0.15, -0.1) is 0 Å². The van der Waals surface area contributed by atoms with E-state index in [1.54, 1.807) is 11.8 Å². The number of nitrogens with zero attached hydrogens (tertiary/aromatic N) is 1. The third-order valence-corrected chi connectivity index (χ3v) is 5.13. The summed E-state index contributed by atoms with van der Waals surface area (Å²) in [5, 5.41) is 9.23. The van der Waals surface area contributed by atoms with Gasteiger partial charge in [0.25, 0.3) is 0 Å². The lowest BCUT2D eigenvalue weighted by Gasteiger charge is -2.43. The number of nitrogens with two attached hydrogens (primary N) is 1. The van der Waals surface area contributed by atoms with Crippen LogP contribution in [0.5, 0.6) is 0 Å². The number of hydrogen-bond donors (Lipinski definition) is 2. The van der Waals surface area contributed by atoms with E-state index in [2.05, 4.69) is 6.92 Å². The zero-order chi connectivity index (χ0) is 15.0. The van der Waals surface area contributed by atoms with Crippen molar-refractivity contribution >= 4 is 11.9 Å². The van der Waals surface area contributed by atoms with E-state index >= 15 is 0 Å². The molecule has 2 rings (SSSR count). The van der Waals surface area contributed by atoms with Gasteiger partial charge in [0.2, 0.25) is 5.91 Å². The Kier molecular flexibility index (Phi) is 4.09. The summed E-state index contributed by atoms with van der Waals surface area (Å²) < 4.78 is 0. The smallest absolute Gasteiger partial charge is 0.309 e. The Balaban J connectivity index is 2.00. The highest BCUT2D eigenvalue weighted by Gasteiger charge is 2.44. The summed E-state index contributed by atoms with van der Waals surface area (Å²) >= 11 is 0. The molecule has 1 aliphatic heterocycles. The molecule has 114 valence electrons. The Labute approximate surface area is 120 Å². The largest absolute Gasteiger partial charge is 0.481 e. The van der Waals surface area contributed by atoms with Gasteiger partial charge in [-0.2, -0.15) is 0 Å². The third kappa shape index (κ3) is 2.82. The van der Waals surface area contributed by atoms with Crippen LogP contribution in [-0.4, -0.2) is 40.5 Å². The van der Waals surface area contributed by atoms with Crippen molar-refractivity contribution in [2.45, 2.75) is 57.9 Å². The van der Waals surface area contributed by atoms with Crippen LogP contribution in [0.25, 0.3) is 0 Å². The zero-order valence-corrected chi connectivity index (χ0v) is 12.5. The Morgan fingerprint density at radius 3 is 2.35 bits per heavy atom. The maximum atomic E-state index is 12.7. The highest BCUT2D eigenvalue weighted by molar-refractivity contribution is 5.86. The van der Waals surface area contributed by atoms with Crippen molar-refractivity contribution in [3.8, 4) is 0 Å². The molecule has 5 heteroatoms. The highest BCUT2D eigenvalue weighted by Crippen LogP contribution is 2.35. The van der Waals surface area contributed by atoms with Gasteiger partial charge >= 0.3 is 5.97 Å². The van der Waals surface area contributed by atoms with Gasteiger partial charge in [0, 0.05) is 13.1 Å². The van der Waals surface area contributed by atoms with E-state index in [0.29, 0.717) is 31.8 Å². The van der Waals surface area contributed by atoms with Crippen molar-refractivity contribution in [1.29, 1.82) is 0 Å². The molecule has 1 amide bonds. The molecule has 2 fully saturated rings. The molecule has 1 heterocycles. The van der Waals surface area contributed by atoms with Gasteiger partial charge in [0.05, 0.1) is 11.0 Å². The van der Waals surface area contributed by atoms with E-state index in [1.165, 1.54) is 0 Å². The number of amides is 1. The Bertz CT molecular complexity index is 402. The number of rotatable bonds is 2. The molecular formula is C15H26N2O3. The van der Waals surface area contributed by atoms with Crippen molar-refractivity contribution < 1.29 is 14.7 Å². The number of hydrogen-bond acceptors (Lipinski definition) is 3. The number of piperidine rings is 1. The molecule has 0 spiro atoms. The second kappa shape index (κ2) is 5.35. The average Bonchev–Trinajstić information content (AvgIpc) is 2.38. The van der Waals surface area contributed by atoms with E-state index in [0.717, 1.165) is 25.7 Å². The molecule has 3 N–H and O–H groups in total. The molecule has 2 aliphatic rings. The van der Waals surface area contributed by atoms with Gasteiger partial charge in [0.15, 0.2) is 0 Å². The first-order chi connectivity index (χ1) is 9.27. The van der Waals surface area contributed by atoms with Crippen molar-refractivity contribution in [1.82, 2.24) is 4.90 Å². The van der Waals surface area contributed by atoms with Gasteiger partial charge in [-0.05, 0) is 38.5 Å². The number of carboxylic acids is 1. The predicted molar refractivity (Wildman–Crippen MR) is 76.1 cm³/mol. The lowest BCUT2D eigenvalue weighted by atomic mass is 9.75. The molecule has 1 saturated carbocycles. The van der Waals surface area contributed by atoms with Crippen LogP contribution in [0.2, 0.25) is 0 Å². The van der Waals surface area contributed by atoms with Crippen molar-refractivity contribution in [2.75, 3.05) is 13.1 Å². The van der Waals surface area contributed by atoms with Crippen LogP contribution in [0.4, 0.5) is 0 Å². The summed E-state index contributed by atoms with van der Waals surface area (Å²) in [6, 6.07) is 0. The summed E-state index contributed by atoms with van der Waals surface area (Å²) in [5.41, 5.74) is 4.92. The number of aliphatic carboxylic acids is 1. The maximum absolute atomic E-state index is 12.7. The van der Waals surface area contributed by atoms with Gasteiger partial charge in [-0.3, -0.25) is 9.59 Å². The number of likely N-dealkylation sites (tertiary alicyclic amines) is 1. The summed E-state index contributed by atoms with van der Waals surface area (Å²) in [6.07, 6.45) is 4.67. The Morgan fingerprint density at radius 2 is 1.85 bits per heavy atom. The average molecular weight is 282 g/mol. The summed E-state index contributed by atoms with van der Waals surface area (Å²) in [6.45, 7) is 4.92. The van der Waals surface area contributed by atoms with E-state index in [-0.39, 0.29) is 5.91 Å². The van der Waals surface area contributed by atoms with Crippen LogP contribution < -0.4 is 5.73 Å². The molecule has 0 aromatic carbocycles. The molecule has 5 nitrogen and oxygen atoms in total. The quantitative estimate of drug-likeness (QED) is 0.806. The fourth-order valence-electron chi connectivity index (χ4n) is 3.52. The minimum Gasteiger partial charge on any atom is -0.481 e. The van der Waals surface area contributed by atoms with E-state index in [9.17, 15) is 14.7 Å². The van der Waals surface area contributed by atoms with Crippen LogP contribution in [-0.2, 0) is 9.59 Å². The van der Waals surface area contributed by atoms with Crippen molar-refractivity contribution in [2.24, 2.45) is 17.1 Å². The SMILES string of the molecule is CC1CCCC(N)(C(=O)N2CCC(C)(C(=O)O)CC2)C1. The summed E-state index contributed by atoms with van der Waals surface area (Å²) in [5.74, 6) is -0.249. The molecule has 0 aromatic heterocycles. The summed E-state index contributed by atoms with van der Waals surface area (Å²) in [7, 11) is 0. The van der Waals surface area contributed by atoms with E-state index in [4.69, 9.17) is 5.73 Å². The lowest BCUT2D eigenvalue weighted by molar-refractivity contribution is -0.154. The van der Waals surface area contributed by atoms with Crippen LogP contribution in [0.3, 0.4) is 0 Å². The molecule has 0 aromatic rings. The van der Waals surface area contributed by atoms with Crippen molar-refractivity contribution in [3.05, 3.63) is 0 Å². The van der Waals surface area contributed by atoms with Crippen LogP contribution >= 0.6 is 0 Å². The molecule has 0 radical (unpaired) electrons. The van der Waals surface area contributed by atoms with Crippen LogP contribution in [0.15, 0.2) is 0 Å². The van der Waals surface area contributed by atoms with Crippen molar-refractivity contribution in [3.63, 3.8) is 0 Å². The molecular weight excluding hydrogens is 256 g/mol. The first-order valence-electron chi connectivity index (χ1n) is 7.58. The van der Waals surface area contributed by atoms with Crippen LogP contribution in [0.1, 0.15) is 52.4 Å². The minimum absolute atomic E-state index is 0.0245. The molecule has 2 unspecified atom stereocenters. The maximum Gasteiger partial charge on any atom is 0.309 e. The number of carboxylic acid groups (broad SMARTS) is 1. The van der Waals surface area contributed by atoms with Crippen LogP contribution in [0, 0.1) is 11.3 Å². The normalized spacial score (nSPS) is 33.8. The van der Waals surface area contributed by atoms with E-state index < -0.39 is 16.9 Å². The van der Waals surface area contributed by atoms with Gasteiger partial charge in [-0.25, -0.2) is 0 Å². The fourth-order valence-corrected chi connectivity index (χ4v) is 3.52.